The summed E-state index contributed by atoms with van der Waals surface area (Å²) >= 11 is 0. The van der Waals surface area contributed by atoms with Crippen molar-refractivity contribution in [3.63, 3.8) is 0 Å². The first-order chi connectivity index (χ1) is 12.1. The van der Waals surface area contributed by atoms with Crippen LogP contribution < -0.4 is 0 Å². The quantitative estimate of drug-likeness (QED) is 0.513. The van der Waals surface area contributed by atoms with Crippen LogP contribution in [0.3, 0.4) is 0 Å². The van der Waals surface area contributed by atoms with E-state index in [1.807, 2.05) is 16.5 Å². The van der Waals surface area contributed by atoms with Crippen molar-refractivity contribution in [2.75, 3.05) is 0 Å². The molecule has 5 heteroatoms. The average molecular weight is 358 g/mol. The maximum Gasteiger partial charge on any atom is 0.416 e. The number of hydrogen-bond acceptors (Lipinski definition) is 1. The third kappa shape index (κ3) is 3.66. The van der Waals surface area contributed by atoms with E-state index in [4.69, 9.17) is 0 Å². The molecule has 0 aliphatic heterocycles. The third-order valence-corrected chi connectivity index (χ3v) is 4.16. The van der Waals surface area contributed by atoms with Crippen LogP contribution in [0.5, 0.6) is 0 Å². The van der Waals surface area contributed by atoms with Crippen molar-refractivity contribution in [2.24, 2.45) is 5.41 Å². The smallest absolute Gasteiger partial charge is 0.298 e. The molecule has 2 aromatic heterocycles. The minimum absolute atomic E-state index is 0.0488. The minimum atomic E-state index is -4.33. The normalized spacial score (nSPS) is 13.4. The zero-order valence-electron chi connectivity index (χ0n) is 15.2. The average Bonchev–Trinajstić information content (AvgIpc) is 3.01. The number of nitrogens with zero attached hydrogens (tertiary/aromatic N) is 2. The van der Waals surface area contributed by atoms with Crippen LogP contribution in [0.1, 0.15) is 38.8 Å². The zero-order valence-corrected chi connectivity index (χ0v) is 15.2. The first-order valence-electron chi connectivity index (χ1n) is 8.39. The van der Waals surface area contributed by atoms with Gasteiger partial charge < -0.3 is 0 Å². The van der Waals surface area contributed by atoms with E-state index in [0.717, 1.165) is 34.5 Å². The lowest BCUT2D eigenvalue weighted by Crippen LogP contribution is -2.04. The van der Waals surface area contributed by atoms with Gasteiger partial charge in [0.1, 0.15) is 0 Å². The van der Waals surface area contributed by atoms with Gasteiger partial charge in [0.05, 0.1) is 29.3 Å². The molecule has 136 valence electrons. The summed E-state index contributed by atoms with van der Waals surface area (Å²) < 4.78 is 40.3. The fourth-order valence-electron chi connectivity index (χ4n) is 3.14. The van der Waals surface area contributed by atoms with Gasteiger partial charge in [-0.05, 0) is 41.7 Å². The molecule has 0 bridgehead atoms. The monoisotopic (exact) mass is 358 g/mol. The van der Waals surface area contributed by atoms with E-state index in [1.54, 1.807) is 12.5 Å². The topological polar surface area (TPSA) is 17.3 Å². The molecule has 0 spiro atoms. The van der Waals surface area contributed by atoms with E-state index in [1.165, 1.54) is 12.1 Å². The second kappa shape index (κ2) is 6.31. The molecule has 0 atom stereocenters. The van der Waals surface area contributed by atoms with Crippen LogP contribution in [-0.2, 0) is 6.18 Å². The summed E-state index contributed by atoms with van der Waals surface area (Å²) in [6, 6.07) is 9.13. The lowest BCUT2D eigenvalue weighted by atomic mass is 9.91. The molecule has 26 heavy (non-hydrogen) atoms. The van der Waals surface area contributed by atoms with Gasteiger partial charge >= 0.3 is 6.18 Å². The highest BCUT2D eigenvalue weighted by molar-refractivity contribution is 5.80. The van der Waals surface area contributed by atoms with Crippen LogP contribution in [0.25, 0.3) is 22.3 Å². The molecular formula is C21H21F3N2. The number of alkyl halides is 3. The van der Waals surface area contributed by atoms with Crippen molar-refractivity contribution in [1.82, 2.24) is 9.38 Å². The fraction of sp³-hybridized carbons (Fsp3) is 0.286. The number of halogens is 3. The molecule has 1 aromatic carbocycles. The van der Waals surface area contributed by atoms with Crippen LogP contribution in [0.4, 0.5) is 13.2 Å². The van der Waals surface area contributed by atoms with Crippen molar-refractivity contribution in [1.29, 1.82) is 0 Å². The summed E-state index contributed by atoms with van der Waals surface area (Å²) in [4.78, 5) is 4.24. The lowest BCUT2D eigenvalue weighted by molar-refractivity contribution is -0.137. The predicted octanol–water partition coefficient (Wildman–Crippen LogP) is 6.47. The van der Waals surface area contributed by atoms with Crippen molar-refractivity contribution in [3.8, 4) is 11.3 Å². The van der Waals surface area contributed by atoms with Crippen LogP contribution >= 0.6 is 0 Å². The second-order valence-corrected chi connectivity index (χ2v) is 7.55. The summed E-state index contributed by atoms with van der Waals surface area (Å²) in [5, 5.41) is 0. The van der Waals surface area contributed by atoms with E-state index in [2.05, 4.69) is 38.8 Å². The van der Waals surface area contributed by atoms with Crippen molar-refractivity contribution in [2.45, 2.75) is 33.9 Å². The van der Waals surface area contributed by atoms with Gasteiger partial charge in [-0.2, -0.15) is 13.2 Å². The zero-order chi connectivity index (χ0) is 19.1. The third-order valence-electron chi connectivity index (χ3n) is 4.16. The first kappa shape index (κ1) is 18.2. The summed E-state index contributed by atoms with van der Waals surface area (Å²) in [7, 11) is 0. The predicted molar refractivity (Wildman–Crippen MR) is 98.7 cm³/mol. The van der Waals surface area contributed by atoms with Crippen LogP contribution in [0, 0.1) is 5.41 Å². The van der Waals surface area contributed by atoms with E-state index in [0.29, 0.717) is 5.56 Å². The number of aromatic nitrogens is 2. The molecule has 0 saturated carbocycles. The summed E-state index contributed by atoms with van der Waals surface area (Å²) in [5.41, 5.74) is 4.05. The van der Waals surface area contributed by atoms with E-state index >= 15 is 0 Å². The van der Waals surface area contributed by atoms with Crippen molar-refractivity contribution < 1.29 is 13.2 Å². The number of benzene rings is 1. The number of imidazole rings is 1. The van der Waals surface area contributed by atoms with Crippen molar-refractivity contribution in [3.05, 3.63) is 66.1 Å². The van der Waals surface area contributed by atoms with Gasteiger partial charge in [0.25, 0.3) is 0 Å². The Labute approximate surface area is 151 Å². The molecule has 3 rings (SSSR count). The Bertz CT molecular complexity index is 956. The molecule has 0 N–H and O–H groups in total. The second-order valence-electron chi connectivity index (χ2n) is 7.55. The number of rotatable bonds is 2. The molecular weight excluding hydrogens is 337 g/mol. The molecule has 0 aliphatic carbocycles. The summed E-state index contributed by atoms with van der Waals surface area (Å²) in [6.07, 6.45) is 1.34. The molecule has 0 saturated heterocycles. The molecule has 3 aromatic rings. The molecule has 0 aliphatic rings. The Kier molecular flexibility index (Phi) is 4.42. The number of fused-ring (bicyclic) bond motifs is 1. The fourth-order valence-corrected chi connectivity index (χ4v) is 3.14. The van der Waals surface area contributed by atoms with E-state index in [9.17, 15) is 13.2 Å². The van der Waals surface area contributed by atoms with Crippen LogP contribution in [-0.4, -0.2) is 9.38 Å². The Hall–Kier alpha value is -2.56. The largest absolute Gasteiger partial charge is 0.416 e. The van der Waals surface area contributed by atoms with Crippen molar-refractivity contribution >= 4 is 11.1 Å². The highest BCUT2D eigenvalue weighted by Crippen LogP contribution is 2.33. The Morgan fingerprint density at radius 3 is 2.23 bits per heavy atom. The standard InChI is InChI=1S/C21H21F3N2/c1-14(11-20(2,3)4)17-9-10-18(26-13-25-12-19(17)26)15-5-7-16(8-6-15)21(22,23)24/h5-13H,1-4H3/b14-11+. The SMILES string of the molecule is C/C(=C\C(C)(C)C)c1ccc(-c2ccc(C(F)(F)F)cc2)n2cncc12. The molecule has 0 unspecified atom stereocenters. The van der Waals surface area contributed by atoms with Gasteiger partial charge in [-0.1, -0.05) is 45.0 Å². The number of pyridine rings is 1. The molecule has 0 amide bonds. The number of allylic oxidation sites excluding steroid dienone is 2. The number of hydrogen-bond donors (Lipinski definition) is 0. The highest BCUT2D eigenvalue weighted by Gasteiger charge is 2.30. The Morgan fingerprint density at radius 2 is 1.65 bits per heavy atom. The van der Waals surface area contributed by atoms with E-state index < -0.39 is 11.7 Å². The van der Waals surface area contributed by atoms with Gasteiger partial charge in [-0.15, -0.1) is 0 Å². The van der Waals surface area contributed by atoms with Gasteiger partial charge in [0, 0.05) is 5.56 Å². The Morgan fingerprint density at radius 1 is 1.00 bits per heavy atom. The Balaban J connectivity index is 2.09. The highest BCUT2D eigenvalue weighted by atomic mass is 19.4. The van der Waals surface area contributed by atoms with Gasteiger partial charge in [-0.3, -0.25) is 4.40 Å². The summed E-state index contributed by atoms with van der Waals surface area (Å²) in [5.74, 6) is 0. The summed E-state index contributed by atoms with van der Waals surface area (Å²) in [6.45, 7) is 8.48. The van der Waals surface area contributed by atoms with Gasteiger partial charge in [-0.25, -0.2) is 4.98 Å². The molecule has 0 fully saturated rings. The maximum atomic E-state index is 12.8. The first-order valence-corrected chi connectivity index (χ1v) is 8.39. The maximum absolute atomic E-state index is 12.8. The minimum Gasteiger partial charge on any atom is -0.298 e. The van der Waals surface area contributed by atoms with Crippen LogP contribution in [0.15, 0.2) is 55.0 Å². The molecule has 2 nitrogen and oxygen atoms in total. The van der Waals surface area contributed by atoms with Crippen LogP contribution in [0.2, 0.25) is 0 Å². The molecule has 0 radical (unpaired) electrons. The van der Waals surface area contributed by atoms with Gasteiger partial charge in [0.15, 0.2) is 0 Å². The van der Waals surface area contributed by atoms with E-state index in [-0.39, 0.29) is 5.41 Å². The van der Waals surface area contributed by atoms with Gasteiger partial charge in [0.2, 0.25) is 0 Å². The molecule has 2 heterocycles. The lowest BCUT2D eigenvalue weighted by Gasteiger charge is -2.16.